The van der Waals surface area contributed by atoms with Crippen LogP contribution < -0.4 is 0 Å². The van der Waals surface area contributed by atoms with Crippen molar-refractivity contribution >= 4 is 10.0 Å². The SMILES string of the molecule is CCC(CC)N(CC(F)(F)F)S(=O)(=O)c1c(C)n[nH]c1C. The molecule has 5 nitrogen and oxygen atoms in total. The summed E-state index contributed by atoms with van der Waals surface area (Å²) in [5, 5.41) is 6.26. The van der Waals surface area contributed by atoms with Gasteiger partial charge in [0.2, 0.25) is 10.0 Å². The Balaban J connectivity index is 3.37. The van der Waals surface area contributed by atoms with E-state index in [2.05, 4.69) is 10.2 Å². The first-order valence-electron chi connectivity index (χ1n) is 6.64. The summed E-state index contributed by atoms with van der Waals surface area (Å²) >= 11 is 0. The van der Waals surface area contributed by atoms with E-state index in [1.54, 1.807) is 13.8 Å². The zero-order valence-corrected chi connectivity index (χ0v) is 13.3. The Morgan fingerprint density at radius 1 is 1.24 bits per heavy atom. The van der Waals surface area contributed by atoms with E-state index in [1.165, 1.54) is 13.8 Å². The molecule has 0 fully saturated rings. The third-order valence-corrected chi connectivity index (χ3v) is 5.47. The highest BCUT2D eigenvalue weighted by atomic mass is 32.2. The lowest BCUT2D eigenvalue weighted by atomic mass is 10.2. The summed E-state index contributed by atoms with van der Waals surface area (Å²) in [5.74, 6) is 0. The second kappa shape index (κ2) is 6.35. The molecule has 1 aromatic heterocycles. The lowest BCUT2D eigenvalue weighted by Crippen LogP contribution is -2.45. The van der Waals surface area contributed by atoms with Crippen LogP contribution in [-0.4, -0.2) is 41.7 Å². The van der Waals surface area contributed by atoms with E-state index in [-0.39, 0.29) is 16.3 Å². The molecule has 21 heavy (non-hydrogen) atoms. The monoisotopic (exact) mass is 327 g/mol. The third-order valence-electron chi connectivity index (χ3n) is 3.31. The normalized spacial score (nSPS) is 13.4. The van der Waals surface area contributed by atoms with Crippen LogP contribution in [0.25, 0.3) is 0 Å². The predicted octanol–water partition coefficient (Wildman–Crippen LogP) is 2.77. The maximum atomic E-state index is 12.8. The minimum atomic E-state index is -4.60. The van der Waals surface area contributed by atoms with Crippen LogP contribution >= 0.6 is 0 Å². The molecule has 0 bridgehead atoms. The first-order valence-corrected chi connectivity index (χ1v) is 8.08. The number of hydrogen-bond acceptors (Lipinski definition) is 3. The number of alkyl halides is 3. The minimum absolute atomic E-state index is 0.168. The van der Waals surface area contributed by atoms with Gasteiger partial charge in [-0.25, -0.2) is 8.42 Å². The molecule has 0 unspecified atom stereocenters. The molecule has 0 saturated heterocycles. The van der Waals surface area contributed by atoms with Gasteiger partial charge in [-0.1, -0.05) is 13.8 Å². The number of aromatic nitrogens is 2. The topological polar surface area (TPSA) is 66.1 Å². The molecule has 0 aliphatic heterocycles. The quantitative estimate of drug-likeness (QED) is 0.874. The first kappa shape index (κ1) is 18.0. The van der Waals surface area contributed by atoms with Gasteiger partial charge in [-0.3, -0.25) is 5.10 Å². The highest BCUT2D eigenvalue weighted by Gasteiger charge is 2.41. The second-order valence-corrected chi connectivity index (χ2v) is 6.73. The largest absolute Gasteiger partial charge is 0.402 e. The van der Waals surface area contributed by atoms with Crippen molar-refractivity contribution in [2.24, 2.45) is 0 Å². The van der Waals surface area contributed by atoms with Crippen molar-refractivity contribution in [3.05, 3.63) is 11.4 Å². The molecule has 1 N–H and O–H groups in total. The van der Waals surface area contributed by atoms with Crippen LogP contribution in [0, 0.1) is 13.8 Å². The van der Waals surface area contributed by atoms with Gasteiger partial charge in [-0.2, -0.15) is 22.6 Å². The molecule has 0 aliphatic carbocycles. The summed E-state index contributed by atoms with van der Waals surface area (Å²) in [6, 6.07) is -0.703. The Morgan fingerprint density at radius 2 is 1.76 bits per heavy atom. The average molecular weight is 327 g/mol. The highest BCUT2D eigenvalue weighted by molar-refractivity contribution is 7.89. The summed E-state index contributed by atoms with van der Waals surface area (Å²) in [6.45, 7) is 4.77. The van der Waals surface area contributed by atoms with Crippen molar-refractivity contribution < 1.29 is 21.6 Å². The number of sulfonamides is 1. The number of hydrogen-bond donors (Lipinski definition) is 1. The van der Waals surface area contributed by atoms with E-state index in [0.29, 0.717) is 17.1 Å². The minimum Gasteiger partial charge on any atom is -0.281 e. The van der Waals surface area contributed by atoms with Crippen molar-refractivity contribution in [1.82, 2.24) is 14.5 Å². The number of halogens is 3. The van der Waals surface area contributed by atoms with E-state index in [4.69, 9.17) is 0 Å². The zero-order valence-electron chi connectivity index (χ0n) is 12.5. The fraction of sp³-hybridized carbons (Fsp3) is 0.750. The van der Waals surface area contributed by atoms with Gasteiger partial charge in [0, 0.05) is 6.04 Å². The Labute approximate surface area is 122 Å². The van der Waals surface area contributed by atoms with Crippen molar-refractivity contribution in [3.63, 3.8) is 0 Å². The molecule has 0 amide bonds. The van der Waals surface area contributed by atoms with Crippen LogP contribution in [0.2, 0.25) is 0 Å². The smallest absolute Gasteiger partial charge is 0.281 e. The number of nitrogens with zero attached hydrogens (tertiary/aromatic N) is 2. The van der Waals surface area contributed by atoms with Crippen molar-refractivity contribution in [3.8, 4) is 0 Å². The van der Waals surface area contributed by atoms with Crippen LogP contribution in [0.3, 0.4) is 0 Å². The molecule has 122 valence electrons. The number of aryl methyl sites for hydroxylation is 2. The summed E-state index contributed by atoms with van der Waals surface area (Å²) in [6.07, 6.45) is -3.98. The molecule has 0 atom stereocenters. The van der Waals surface area contributed by atoms with Gasteiger partial charge in [0.15, 0.2) is 0 Å². The third kappa shape index (κ3) is 3.97. The van der Waals surface area contributed by atoms with Crippen molar-refractivity contribution in [1.29, 1.82) is 0 Å². The van der Waals surface area contributed by atoms with Gasteiger partial charge in [-0.15, -0.1) is 0 Å². The predicted molar refractivity (Wildman–Crippen MR) is 72.4 cm³/mol. The fourth-order valence-corrected chi connectivity index (χ4v) is 4.41. The highest BCUT2D eigenvalue weighted by Crippen LogP contribution is 2.29. The van der Waals surface area contributed by atoms with E-state index in [9.17, 15) is 21.6 Å². The van der Waals surface area contributed by atoms with Gasteiger partial charge >= 0.3 is 6.18 Å². The molecule has 0 radical (unpaired) electrons. The van der Waals surface area contributed by atoms with Gasteiger partial charge < -0.3 is 0 Å². The number of rotatable bonds is 6. The standard InChI is InChI=1S/C12H20F3N3O2S/c1-5-10(6-2)18(7-12(13,14)15)21(19,20)11-8(3)16-17-9(11)4/h10H,5-7H2,1-4H3,(H,16,17). The number of H-pyrrole nitrogens is 1. The Hall–Kier alpha value is -1.09. The molecule has 1 aromatic rings. The van der Waals surface area contributed by atoms with E-state index >= 15 is 0 Å². The zero-order chi connectivity index (χ0) is 16.4. The van der Waals surface area contributed by atoms with Crippen molar-refractivity contribution in [2.75, 3.05) is 6.54 Å². The van der Waals surface area contributed by atoms with Crippen molar-refractivity contribution in [2.45, 2.75) is 57.7 Å². The molecular formula is C12H20F3N3O2S. The summed E-state index contributed by atoms with van der Waals surface area (Å²) in [7, 11) is -4.26. The number of nitrogens with one attached hydrogen (secondary N) is 1. The molecule has 1 heterocycles. The molecule has 0 saturated carbocycles. The average Bonchev–Trinajstić information content (AvgIpc) is 2.68. The maximum absolute atomic E-state index is 12.8. The van der Waals surface area contributed by atoms with Crippen LogP contribution in [0.15, 0.2) is 4.90 Å². The van der Waals surface area contributed by atoms with Crippen LogP contribution in [0.4, 0.5) is 13.2 Å². The van der Waals surface area contributed by atoms with Gasteiger partial charge in [0.1, 0.15) is 11.4 Å². The van der Waals surface area contributed by atoms with Gasteiger partial charge in [-0.05, 0) is 26.7 Å². The molecule has 9 heteroatoms. The summed E-state index contributed by atoms with van der Waals surface area (Å²) < 4.78 is 64.2. The molecule has 0 aliphatic rings. The Bertz CT molecular complexity index is 558. The summed E-state index contributed by atoms with van der Waals surface area (Å²) in [5.41, 5.74) is 0.413. The van der Waals surface area contributed by atoms with E-state index < -0.39 is 28.8 Å². The molecule has 1 rings (SSSR count). The second-order valence-electron chi connectivity index (χ2n) is 4.90. The Morgan fingerprint density at radius 3 is 2.10 bits per heavy atom. The van der Waals surface area contributed by atoms with E-state index in [0.717, 1.165) is 0 Å². The lowest BCUT2D eigenvalue weighted by molar-refractivity contribution is -0.139. The van der Waals surface area contributed by atoms with Crippen LogP contribution in [0.1, 0.15) is 38.1 Å². The lowest BCUT2D eigenvalue weighted by Gasteiger charge is -2.30. The fourth-order valence-electron chi connectivity index (χ4n) is 2.32. The Kier molecular flexibility index (Phi) is 5.43. The number of aromatic amines is 1. The van der Waals surface area contributed by atoms with E-state index in [1.807, 2.05) is 0 Å². The first-order chi connectivity index (χ1) is 9.54. The van der Waals surface area contributed by atoms with Gasteiger partial charge in [0.05, 0.1) is 11.4 Å². The summed E-state index contributed by atoms with van der Waals surface area (Å²) in [4.78, 5) is -0.168. The maximum Gasteiger partial charge on any atom is 0.402 e. The van der Waals surface area contributed by atoms with Gasteiger partial charge in [0.25, 0.3) is 0 Å². The molecule has 0 aromatic carbocycles. The van der Waals surface area contributed by atoms with Crippen LogP contribution in [-0.2, 0) is 10.0 Å². The molecular weight excluding hydrogens is 307 g/mol. The van der Waals surface area contributed by atoms with Crippen LogP contribution in [0.5, 0.6) is 0 Å². The molecule has 0 spiro atoms.